The van der Waals surface area contributed by atoms with E-state index in [1.165, 1.54) is 10.8 Å². The van der Waals surface area contributed by atoms with Crippen molar-refractivity contribution < 1.29 is 9.53 Å². The number of carbonyl (C=O) groups excluding carboxylic acids is 1. The van der Waals surface area contributed by atoms with Gasteiger partial charge in [0.05, 0.1) is 21.6 Å². The molecule has 0 unspecified atom stereocenters. The summed E-state index contributed by atoms with van der Waals surface area (Å²) < 4.78 is 8.57. The number of hydrazone groups is 1. The minimum absolute atomic E-state index is 0.107. The van der Waals surface area contributed by atoms with Gasteiger partial charge in [0.1, 0.15) is 18.9 Å². The molecule has 6 nitrogen and oxygen atoms in total. The Morgan fingerprint density at radius 1 is 1.06 bits per heavy atom. The highest BCUT2D eigenvalue weighted by Crippen LogP contribution is 2.21. The van der Waals surface area contributed by atoms with Crippen LogP contribution in [0.2, 0.25) is 0 Å². The third kappa shape index (κ3) is 5.31. The zero-order chi connectivity index (χ0) is 23.4. The van der Waals surface area contributed by atoms with Crippen molar-refractivity contribution in [3.63, 3.8) is 0 Å². The highest BCUT2D eigenvalue weighted by Gasteiger charge is 2.11. The van der Waals surface area contributed by atoms with E-state index in [0.717, 1.165) is 32.7 Å². The number of fused-ring (bicyclic) bond motifs is 1. The predicted octanol–water partition coefficient (Wildman–Crippen LogP) is 5.54. The summed E-state index contributed by atoms with van der Waals surface area (Å²) >= 11 is 3.47. The Labute approximate surface area is 201 Å². The number of nitrogens with one attached hydrogen (secondary N) is 1. The van der Waals surface area contributed by atoms with Crippen LogP contribution in [0, 0.1) is 13.8 Å². The van der Waals surface area contributed by atoms with Crippen LogP contribution in [-0.4, -0.2) is 21.4 Å². The Morgan fingerprint density at radius 3 is 2.52 bits per heavy atom. The van der Waals surface area contributed by atoms with E-state index < -0.39 is 0 Å². The first-order valence-electron chi connectivity index (χ1n) is 10.6. The average molecular weight is 505 g/mol. The average Bonchev–Trinajstić information content (AvgIpc) is 3.07. The second-order valence-electron chi connectivity index (χ2n) is 7.83. The topological polar surface area (TPSA) is 68.5 Å². The van der Waals surface area contributed by atoms with Gasteiger partial charge >= 0.3 is 0 Å². The first-order chi connectivity index (χ1) is 15.9. The number of halogens is 1. The molecule has 0 atom stereocenters. The number of carbonyl (C=O) groups is 1. The second kappa shape index (κ2) is 10.0. The van der Waals surface area contributed by atoms with E-state index in [1.54, 1.807) is 4.68 Å². The Hall–Kier alpha value is -3.45. The van der Waals surface area contributed by atoms with Crippen molar-refractivity contribution >= 4 is 38.3 Å². The number of hydrogen-bond acceptors (Lipinski definition) is 4. The Bertz CT molecular complexity index is 1320. The van der Waals surface area contributed by atoms with Crippen LogP contribution in [-0.2, 0) is 17.9 Å². The van der Waals surface area contributed by atoms with Gasteiger partial charge in [0.2, 0.25) is 0 Å². The summed E-state index contributed by atoms with van der Waals surface area (Å²) in [5, 5.41) is 11.0. The number of benzene rings is 3. The molecule has 0 saturated carbocycles. The highest BCUT2D eigenvalue weighted by molar-refractivity contribution is 9.10. The quantitative estimate of drug-likeness (QED) is 0.265. The van der Waals surface area contributed by atoms with Gasteiger partial charge < -0.3 is 4.74 Å². The van der Waals surface area contributed by atoms with Crippen molar-refractivity contribution in [2.45, 2.75) is 33.9 Å². The molecule has 4 rings (SSSR count). The molecular weight excluding hydrogens is 480 g/mol. The Balaban J connectivity index is 1.35. The maximum atomic E-state index is 12.3. The summed E-state index contributed by atoms with van der Waals surface area (Å²) in [4.78, 5) is 12.3. The fourth-order valence-corrected chi connectivity index (χ4v) is 3.87. The van der Waals surface area contributed by atoms with Gasteiger partial charge in [-0.15, -0.1) is 0 Å². The van der Waals surface area contributed by atoms with Crippen molar-refractivity contribution in [2.75, 3.05) is 0 Å². The van der Waals surface area contributed by atoms with Crippen LogP contribution in [0.4, 0.5) is 0 Å². The summed E-state index contributed by atoms with van der Waals surface area (Å²) in [5.74, 6) is 0.543. The van der Waals surface area contributed by atoms with E-state index in [2.05, 4.69) is 55.8 Å². The largest absolute Gasteiger partial charge is 0.489 e. The molecule has 0 aliphatic carbocycles. The molecule has 4 aromatic rings. The normalized spacial score (nSPS) is 11.6. The first kappa shape index (κ1) is 22.7. The maximum absolute atomic E-state index is 12.3. The predicted molar refractivity (Wildman–Crippen MR) is 134 cm³/mol. The van der Waals surface area contributed by atoms with Crippen LogP contribution in [0.1, 0.15) is 29.4 Å². The van der Waals surface area contributed by atoms with E-state index in [1.807, 2.05) is 63.2 Å². The molecule has 0 fully saturated rings. The lowest BCUT2D eigenvalue weighted by molar-refractivity contribution is -0.121. The second-order valence-corrected chi connectivity index (χ2v) is 8.62. The molecule has 1 heterocycles. The lowest BCUT2D eigenvalue weighted by Gasteiger charge is -2.10. The minimum Gasteiger partial charge on any atom is -0.489 e. The molecule has 1 N–H and O–H groups in total. The van der Waals surface area contributed by atoms with Crippen LogP contribution >= 0.6 is 15.9 Å². The molecule has 0 spiro atoms. The molecule has 0 aliphatic rings. The van der Waals surface area contributed by atoms with E-state index in [9.17, 15) is 4.79 Å². The van der Waals surface area contributed by atoms with E-state index in [4.69, 9.17) is 4.74 Å². The van der Waals surface area contributed by atoms with Crippen molar-refractivity contribution in [1.29, 1.82) is 0 Å². The van der Waals surface area contributed by atoms with Crippen molar-refractivity contribution in [1.82, 2.24) is 15.2 Å². The van der Waals surface area contributed by atoms with Gasteiger partial charge in [0.15, 0.2) is 0 Å². The minimum atomic E-state index is -0.234. The Kier molecular flexibility index (Phi) is 6.89. The number of nitrogens with zero attached hydrogens (tertiary/aromatic N) is 3. The van der Waals surface area contributed by atoms with Crippen LogP contribution in [0.3, 0.4) is 0 Å². The molecule has 0 radical (unpaired) electrons. The van der Waals surface area contributed by atoms with Crippen LogP contribution in [0.25, 0.3) is 10.8 Å². The van der Waals surface area contributed by atoms with Gasteiger partial charge in [-0.25, -0.2) is 5.43 Å². The molecule has 0 bridgehead atoms. The fraction of sp³-hybridized carbons (Fsp3) is 0.192. The molecule has 168 valence electrons. The van der Waals surface area contributed by atoms with E-state index in [0.29, 0.717) is 12.3 Å². The molecule has 33 heavy (non-hydrogen) atoms. The van der Waals surface area contributed by atoms with Crippen LogP contribution in [0.15, 0.2) is 76.3 Å². The molecule has 1 amide bonds. The van der Waals surface area contributed by atoms with Crippen LogP contribution < -0.4 is 10.2 Å². The van der Waals surface area contributed by atoms with Gasteiger partial charge in [0.25, 0.3) is 5.91 Å². The van der Waals surface area contributed by atoms with E-state index >= 15 is 0 Å². The van der Waals surface area contributed by atoms with Gasteiger partial charge in [-0.05, 0) is 82.9 Å². The smallest absolute Gasteiger partial charge is 0.261 e. The monoisotopic (exact) mass is 504 g/mol. The van der Waals surface area contributed by atoms with Crippen molar-refractivity contribution in [2.24, 2.45) is 5.10 Å². The fourth-order valence-electron chi connectivity index (χ4n) is 3.58. The van der Waals surface area contributed by atoms with Gasteiger partial charge in [-0.2, -0.15) is 10.2 Å². The summed E-state index contributed by atoms with van der Waals surface area (Å²) in [6, 6.07) is 22.2. The molecule has 0 saturated heterocycles. The maximum Gasteiger partial charge on any atom is 0.261 e. The van der Waals surface area contributed by atoms with Crippen molar-refractivity contribution in [3.05, 3.63) is 93.7 Å². The number of ether oxygens (including phenoxy) is 1. The number of rotatable bonds is 7. The standard InChI is InChI=1S/C26H25BrN4O2/c1-17(28-29-25(32)15-31-19(3)26(27)18(2)30-31)20-11-13-23(14-12-20)33-16-22-9-6-8-21-7-4-5-10-24(21)22/h4-14H,15-16H2,1-3H3,(H,29,32)/b28-17+. The molecule has 1 aromatic heterocycles. The third-order valence-corrected chi connectivity index (χ3v) is 6.63. The lowest BCUT2D eigenvalue weighted by Crippen LogP contribution is -2.25. The summed E-state index contributed by atoms with van der Waals surface area (Å²) in [6.07, 6.45) is 0. The molecule has 0 aliphatic heterocycles. The first-order valence-corrected chi connectivity index (χ1v) is 11.4. The number of hydrogen-bond donors (Lipinski definition) is 1. The SMILES string of the molecule is C/C(=N\NC(=O)Cn1nc(C)c(Br)c1C)c1ccc(OCc2cccc3ccccc23)cc1. The zero-order valence-corrected chi connectivity index (χ0v) is 20.4. The van der Waals surface area contributed by atoms with Gasteiger partial charge in [-0.3, -0.25) is 9.48 Å². The number of aryl methyl sites for hydroxylation is 1. The van der Waals surface area contributed by atoms with E-state index in [-0.39, 0.29) is 12.5 Å². The number of amides is 1. The highest BCUT2D eigenvalue weighted by atomic mass is 79.9. The molecule has 7 heteroatoms. The summed E-state index contributed by atoms with van der Waals surface area (Å²) in [5.41, 5.74) is 7.12. The molecular formula is C26H25BrN4O2. The van der Waals surface area contributed by atoms with Crippen molar-refractivity contribution in [3.8, 4) is 5.75 Å². The summed E-state index contributed by atoms with van der Waals surface area (Å²) in [7, 11) is 0. The molecule has 3 aromatic carbocycles. The van der Waals surface area contributed by atoms with Gasteiger partial charge in [0, 0.05) is 0 Å². The van der Waals surface area contributed by atoms with Crippen LogP contribution in [0.5, 0.6) is 5.75 Å². The zero-order valence-electron chi connectivity index (χ0n) is 18.8. The third-order valence-electron chi connectivity index (χ3n) is 5.48. The van der Waals surface area contributed by atoms with Gasteiger partial charge in [-0.1, -0.05) is 42.5 Å². The summed E-state index contributed by atoms with van der Waals surface area (Å²) in [6.45, 7) is 6.26. The Morgan fingerprint density at radius 2 is 1.79 bits per heavy atom. The number of aromatic nitrogens is 2. The lowest BCUT2D eigenvalue weighted by atomic mass is 10.1.